The van der Waals surface area contributed by atoms with E-state index in [9.17, 15) is 27.2 Å². The number of thioether (sulfide) groups is 1. The summed E-state index contributed by atoms with van der Waals surface area (Å²) in [6.07, 6.45) is 1.63. The van der Waals surface area contributed by atoms with Gasteiger partial charge in [-0.1, -0.05) is 36.1 Å². The number of hydrogen-bond acceptors (Lipinski definition) is 4. The summed E-state index contributed by atoms with van der Waals surface area (Å²) in [6, 6.07) is 6.36. The zero-order valence-electron chi connectivity index (χ0n) is 14.8. The van der Waals surface area contributed by atoms with E-state index >= 15 is 0 Å². The Morgan fingerprint density at radius 1 is 1.14 bits per heavy atom. The molecular weight excluding hydrogens is 428 g/mol. The second-order valence-corrected chi connectivity index (χ2v) is 7.53. The molecule has 1 N–H and O–H groups in total. The molecule has 2 aromatic rings. The molecule has 1 aliphatic heterocycles. The van der Waals surface area contributed by atoms with Crippen LogP contribution in [0.25, 0.3) is 6.08 Å². The Kier molecular flexibility index (Phi) is 6.04. The molecule has 0 atom stereocenters. The van der Waals surface area contributed by atoms with Crippen LogP contribution in [-0.2, 0) is 4.79 Å². The molecule has 1 saturated heterocycles. The molecule has 150 valence electrons. The summed E-state index contributed by atoms with van der Waals surface area (Å²) in [6.45, 7) is 2.28. The molecule has 1 aliphatic rings. The Labute approximate surface area is 172 Å². The van der Waals surface area contributed by atoms with Crippen LogP contribution in [0.1, 0.15) is 22.8 Å². The van der Waals surface area contributed by atoms with Crippen LogP contribution in [0, 0.1) is 23.3 Å². The number of carbonyl (C=O) groups excluding carboxylic acids is 2. The first-order chi connectivity index (χ1) is 13.7. The molecule has 0 aliphatic carbocycles. The summed E-state index contributed by atoms with van der Waals surface area (Å²) in [5.74, 6) is -8.84. The molecular formula is C19H12F4N2O2S2. The molecule has 0 saturated carbocycles. The lowest BCUT2D eigenvalue weighted by Crippen LogP contribution is -2.27. The van der Waals surface area contributed by atoms with Crippen molar-refractivity contribution in [2.24, 2.45) is 0 Å². The lowest BCUT2D eigenvalue weighted by Gasteiger charge is -2.09. The molecule has 0 bridgehead atoms. The zero-order valence-corrected chi connectivity index (χ0v) is 16.4. The van der Waals surface area contributed by atoms with Crippen molar-refractivity contribution < 1.29 is 27.2 Å². The zero-order chi connectivity index (χ0) is 21.3. The molecule has 0 radical (unpaired) electrons. The van der Waals surface area contributed by atoms with E-state index in [0.29, 0.717) is 21.3 Å². The number of likely N-dealkylation sites (N-methyl/N-ethyl adjacent to an activating group) is 1. The Balaban J connectivity index is 1.77. The van der Waals surface area contributed by atoms with E-state index in [4.69, 9.17) is 12.2 Å². The number of halogens is 4. The fraction of sp³-hybridized carbons (Fsp3) is 0.105. The van der Waals surface area contributed by atoms with Crippen molar-refractivity contribution in [2.75, 3.05) is 11.9 Å². The number of carbonyl (C=O) groups is 2. The maximum absolute atomic E-state index is 13.7. The normalized spacial score (nSPS) is 15.3. The summed E-state index contributed by atoms with van der Waals surface area (Å²) >= 11 is 6.31. The van der Waals surface area contributed by atoms with Gasteiger partial charge in [0.2, 0.25) is 0 Å². The summed E-state index contributed by atoms with van der Waals surface area (Å²) < 4.78 is 53.8. The van der Waals surface area contributed by atoms with Crippen molar-refractivity contribution in [3.05, 3.63) is 69.6 Å². The van der Waals surface area contributed by atoms with Crippen LogP contribution in [0.5, 0.6) is 0 Å². The van der Waals surface area contributed by atoms with Gasteiger partial charge in [-0.05, 0) is 36.8 Å². The van der Waals surface area contributed by atoms with Crippen molar-refractivity contribution in [3.63, 3.8) is 0 Å². The Morgan fingerprint density at radius 2 is 1.79 bits per heavy atom. The monoisotopic (exact) mass is 440 g/mol. The lowest BCUT2D eigenvalue weighted by atomic mass is 10.1. The molecule has 0 unspecified atom stereocenters. The third-order valence-electron chi connectivity index (χ3n) is 4.00. The van der Waals surface area contributed by atoms with Crippen LogP contribution in [0.15, 0.2) is 35.2 Å². The van der Waals surface area contributed by atoms with Crippen molar-refractivity contribution >= 4 is 51.9 Å². The number of benzene rings is 2. The van der Waals surface area contributed by atoms with Crippen LogP contribution in [0.2, 0.25) is 0 Å². The fourth-order valence-corrected chi connectivity index (χ4v) is 3.91. The third kappa shape index (κ3) is 4.18. The lowest BCUT2D eigenvalue weighted by molar-refractivity contribution is -0.121. The molecule has 2 amide bonds. The second kappa shape index (κ2) is 8.34. The largest absolute Gasteiger partial charge is 0.322 e. The molecule has 0 aromatic heterocycles. The van der Waals surface area contributed by atoms with E-state index in [1.807, 2.05) is 6.92 Å². The van der Waals surface area contributed by atoms with E-state index in [2.05, 4.69) is 5.32 Å². The third-order valence-corrected chi connectivity index (χ3v) is 5.38. The highest BCUT2D eigenvalue weighted by atomic mass is 32.2. The van der Waals surface area contributed by atoms with Gasteiger partial charge in [0.25, 0.3) is 11.8 Å². The number of rotatable bonds is 4. The van der Waals surface area contributed by atoms with Gasteiger partial charge in [0, 0.05) is 12.2 Å². The smallest absolute Gasteiger partial charge is 0.266 e. The van der Waals surface area contributed by atoms with Gasteiger partial charge in [0.15, 0.2) is 23.3 Å². The number of nitrogens with zero attached hydrogens (tertiary/aromatic N) is 1. The van der Waals surface area contributed by atoms with Crippen LogP contribution < -0.4 is 5.32 Å². The Morgan fingerprint density at radius 3 is 2.38 bits per heavy atom. The van der Waals surface area contributed by atoms with Crippen molar-refractivity contribution in [2.45, 2.75) is 6.92 Å². The number of thiocarbonyl (C=S) groups is 1. The average molecular weight is 440 g/mol. The van der Waals surface area contributed by atoms with Crippen molar-refractivity contribution in [1.82, 2.24) is 4.90 Å². The van der Waals surface area contributed by atoms with E-state index in [0.717, 1.165) is 0 Å². The standard InChI is InChI=1S/C19H12F4N2O2S2/c1-2-25-18(27)13(29-19(25)28)7-9-3-5-10(6-4-9)24-17(26)11-8-12(20)15(22)16(23)14(11)21/h3-8H,2H2,1H3,(H,24,26). The first-order valence-corrected chi connectivity index (χ1v) is 9.45. The Hall–Kier alpha value is -2.72. The van der Waals surface area contributed by atoms with Gasteiger partial charge in [-0.15, -0.1) is 0 Å². The van der Waals surface area contributed by atoms with Gasteiger partial charge in [-0.3, -0.25) is 14.5 Å². The fourth-order valence-electron chi connectivity index (χ4n) is 2.52. The van der Waals surface area contributed by atoms with Crippen molar-refractivity contribution in [1.29, 1.82) is 0 Å². The average Bonchev–Trinajstić information content (AvgIpc) is 2.96. The molecule has 3 rings (SSSR count). The molecule has 1 heterocycles. The number of anilines is 1. The maximum atomic E-state index is 13.7. The van der Waals surface area contributed by atoms with E-state index in [-0.39, 0.29) is 17.7 Å². The van der Waals surface area contributed by atoms with Gasteiger partial charge >= 0.3 is 0 Å². The molecule has 10 heteroatoms. The van der Waals surface area contributed by atoms with Gasteiger partial charge in [-0.25, -0.2) is 17.6 Å². The highest BCUT2D eigenvalue weighted by Gasteiger charge is 2.30. The van der Waals surface area contributed by atoms with Gasteiger partial charge in [0.1, 0.15) is 4.32 Å². The van der Waals surface area contributed by atoms with Crippen LogP contribution in [0.3, 0.4) is 0 Å². The van der Waals surface area contributed by atoms with Gasteiger partial charge in [-0.2, -0.15) is 0 Å². The second-order valence-electron chi connectivity index (χ2n) is 5.85. The van der Waals surface area contributed by atoms with Gasteiger partial charge in [0.05, 0.1) is 10.5 Å². The SMILES string of the molecule is CCN1C(=O)C(=Cc2ccc(NC(=O)c3cc(F)c(F)c(F)c3F)cc2)SC1=S. The first kappa shape index (κ1) is 21.0. The highest BCUT2D eigenvalue weighted by Crippen LogP contribution is 2.32. The van der Waals surface area contributed by atoms with E-state index in [1.54, 1.807) is 18.2 Å². The molecule has 1 fully saturated rings. The van der Waals surface area contributed by atoms with E-state index in [1.165, 1.54) is 28.8 Å². The number of hydrogen-bond donors (Lipinski definition) is 1. The predicted molar refractivity (Wildman–Crippen MR) is 106 cm³/mol. The van der Waals surface area contributed by atoms with Crippen molar-refractivity contribution in [3.8, 4) is 0 Å². The first-order valence-electron chi connectivity index (χ1n) is 8.22. The maximum Gasteiger partial charge on any atom is 0.266 e. The minimum atomic E-state index is -2.06. The molecule has 2 aromatic carbocycles. The van der Waals surface area contributed by atoms with Gasteiger partial charge < -0.3 is 5.32 Å². The number of nitrogens with one attached hydrogen (secondary N) is 1. The minimum absolute atomic E-state index is 0.198. The van der Waals surface area contributed by atoms with Crippen LogP contribution in [-0.4, -0.2) is 27.6 Å². The topological polar surface area (TPSA) is 49.4 Å². The summed E-state index contributed by atoms with van der Waals surface area (Å²) in [5, 5.41) is 2.27. The highest BCUT2D eigenvalue weighted by molar-refractivity contribution is 8.26. The molecule has 4 nitrogen and oxygen atoms in total. The summed E-state index contributed by atoms with van der Waals surface area (Å²) in [5.41, 5.74) is -0.115. The summed E-state index contributed by atoms with van der Waals surface area (Å²) in [4.78, 5) is 26.2. The quantitative estimate of drug-likeness (QED) is 0.246. The Bertz CT molecular complexity index is 1060. The van der Waals surface area contributed by atoms with E-state index < -0.39 is 34.7 Å². The van der Waals surface area contributed by atoms with Crippen LogP contribution >= 0.6 is 24.0 Å². The summed E-state index contributed by atoms with van der Waals surface area (Å²) in [7, 11) is 0. The van der Waals surface area contributed by atoms with Crippen LogP contribution in [0.4, 0.5) is 23.2 Å². The predicted octanol–water partition coefficient (Wildman–Crippen LogP) is 4.72. The number of amides is 2. The minimum Gasteiger partial charge on any atom is -0.322 e. The molecule has 0 spiro atoms. The molecule has 29 heavy (non-hydrogen) atoms.